The fraction of sp³-hybridized carbons (Fsp3) is 0. The minimum Gasteiger partial charge on any atom is -0.456 e. The van der Waals surface area contributed by atoms with Crippen molar-refractivity contribution in [2.75, 3.05) is 0 Å². The standard InChI is InChI=1S/C43H25NO2/c44-26-32-22-28(27-10-2-1-3-11-27)20-21-33(32)29-23-30(34-14-8-18-40-42(34)36-12-4-6-16-38(36)45-40)25-31(24-29)35-15-9-19-41-43(35)37-13-5-7-17-39(37)46-41/h1-25H. The molecule has 0 saturated carbocycles. The van der Waals surface area contributed by atoms with Crippen LogP contribution < -0.4 is 0 Å². The molecule has 0 radical (unpaired) electrons. The zero-order valence-corrected chi connectivity index (χ0v) is 24.7. The van der Waals surface area contributed by atoms with Crippen LogP contribution in [-0.4, -0.2) is 0 Å². The lowest BCUT2D eigenvalue weighted by Crippen LogP contribution is -1.91. The van der Waals surface area contributed by atoms with Gasteiger partial charge in [-0.2, -0.15) is 5.26 Å². The molecule has 46 heavy (non-hydrogen) atoms. The Hall–Kier alpha value is -6.37. The van der Waals surface area contributed by atoms with Crippen molar-refractivity contribution < 1.29 is 8.83 Å². The molecule has 2 aromatic heterocycles. The van der Waals surface area contributed by atoms with Gasteiger partial charge < -0.3 is 8.83 Å². The average molecular weight is 588 g/mol. The summed E-state index contributed by atoms with van der Waals surface area (Å²) < 4.78 is 12.6. The minimum atomic E-state index is 0.628. The first-order chi connectivity index (χ1) is 22.7. The molecule has 0 atom stereocenters. The molecule has 3 heteroatoms. The fourth-order valence-electron chi connectivity index (χ4n) is 6.82. The highest BCUT2D eigenvalue weighted by Gasteiger charge is 2.18. The molecule has 0 unspecified atom stereocenters. The van der Waals surface area contributed by atoms with E-state index in [9.17, 15) is 5.26 Å². The Morgan fingerprint density at radius 2 is 0.870 bits per heavy atom. The molecule has 0 aliphatic carbocycles. The van der Waals surface area contributed by atoms with E-state index in [1.165, 1.54) is 0 Å². The summed E-state index contributed by atoms with van der Waals surface area (Å²) in [5.74, 6) is 0. The van der Waals surface area contributed by atoms with Gasteiger partial charge in [-0.3, -0.25) is 0 Å². The van der Waals surface area contributed by atoms with E-state index in [-0.39, 0.29) is 0 Å². The Labute approximate surface area is 265 Å². The van der Waals surface area contributed by atoms with Crippen LogP contribution in [0.5, 0.6) is 0 Å². The number of nitriles is 1. The highest BCUT2D eigenvalue weighted by atomic mass is 16.3. The largest absolute Gasteiger partial charge is 0.456 e. The topological polar surface area (TPSA) is 50.1 Å². The lowest BCUT2D eigenvalue weighted by Gasteiger charge is -2.14. The molecule has 0 bridgehead atoms. The second-order valence-corrected chi connectivity index (χ2v) is 11.6. The van der Waals surface area contributed by atoms with E-state index in [4.69, 9.17) is 8.83 Å². The first-order valence-corrected chi connectivity index (χ1v) is 15.3. The molecule has 0 aliphatic rings. The van der Waals surface area contributed by atoms with Gasteiger partial charge in [0, 0.05) is 21.5 Å². The molecule has 0 aliphatic heterocycles. The summed E-state index contributed by atoms with van der Waals surface area (Å²) >= 11 is 0. The van der Waals surface area contributed by atoms with Crippen LogP contribution in [0.4, 0.5) is 0 Å². The van der Waals surface area contributed by atoms with Crippen molar-refractivity contribution in [3.05, 3.63) is 157 Å². The third-order valence-electron chi connectivity index (χ3n) is 8.92. The fourth-order valence-corrected chi connectivity index (χ4v) is 6.82. The molecule has 0 saturated heterocycles. The monoisotopic (exact) mass is 587 g/mol. The van der Waals surface area contributed by atoms with Crippen LogP contribution in [0.25, 0.3) is 88.4 Å². The molecule has 2 heterocycles. The molecular formula is C43H25NO2. The first-order valence-electron chi connectivity index (χ1n) is 15.3. The smallest absolute Gasteiger partial charge is 0.136 e. The minimum absolute atomic E-state index is 0.628. The molecule has 0 spiro atoms. The summed E-state index contributed by atoms with van der Waals surface area (Å²) in [6.45, 7) is 0. The maximum atomic E-state index is 10.4. The van der Waals surface area contributed by atoms with E-state index in [2.05, 4.69) is 72.8 Å². The Morgan fingerprint density at radius 3 is 1.43 bits per heavy atom. The van der Waals surface area contributed by atoms with Crippen LogP contribution >= 0.6 is 0 Å². The van der Waals surface area contributed by atoms with Gasteiger partial charge in [0.2, 0.25) is 0 Å². The summed E-state index contributed by atoms with van der Waals surface area (Å²) in [5.41, 5.74) is 12.2. The van der Waals surface area contributed by atoms with Crippen molar-refractivity contribution in [1.29, 1.82) is 5.26 Å². The molecule has 0 amide bonds. The number of hydrogen-bond acceptors (Lipinski definition) is 3. The van der Waals surface area contributed by atoms with Crippen molar-refractivity contribution in [2.24, 2.45) is 0 Å². The Bertz CT molecular complexity index is 2520. The van der Waals surface area contributed by atoms with E-state index < -0.39 is 0 Å². The van der Waals surface area contributed by atoms with E-state index in [1.807, 2.05) is 84.9 Å². The van der Waals surface area contributed by atoms with Gasteiger partial charge in [0.25, 0.3) is 0 Å². The zero-order valence-electron chi connectivity index (χ0n) is 24.7. The van der Waals surface area contributed by atoms with Gasteiger partial charge in [0.1, 0.15) is 22.3 Å². The Kier molecular flexibility index (Phi) is 5.88. The summed E-state index contributed by atoms with van der Waals surface area (Å²) in [6.07, 6.45) is 0. The van der Waals surface area contributed by atoms with Crippen LogP contribution in [0.3, 0.4) is 0 Å². The number of rotatable bonds is 4. The lowest BCUT2D eigenvalue weighted by atomic mass is 9.88. The van der Waals surface area contributed by atoms with Gasteiger partial charge in [-0.25, -0.2) is 0 Å². The molecule has 3 nitrogen and oxygen atoms in total. The SMILES string of the molecule is N#Cc1cc(-c2ccccc2)ccc1-c1cc(-c2cccc3oc4ccccc4c23)cc(-c2cccc3oc4ccccc4c23)c1. The number of para-hydroxylation sites is 2. The van der Waals surface area contributed by atoms with Crippen molar-refractivity contribution in [3.8, 4) is 50.6 Å². The van der Waals surface area contributed by atoms with E-state index in [0.29, 0.717) is 5.56 Å². The van der Waals surface area contributed by atoms with Crippen LogP contribution in [0.2, 0.25) is 0 Å². The summed E-state index contributed by atoms with van der Waals surface area (Å²) in [5, 5.41) is 14.7. The second-order valence-electron chi connectivity index (χ2n) is 11.6. The lowest BCUT2D eigenvalue weighted by molar-refractivity contribution is 0.668. The number of nitrogens with zero attached hydrogens (tertiary/aromatic N) is 1. The van der Waals surface area contributed by atoms with E-state index in [1.54, 1.807) is 0 Å². The molecule has 9 rings (SSSR count). The van der Waals surface area contributed by atoms with Gasteiger partial charge in [0.15, 0.2) is 0 Å². The quantitative estimate of drug-likeness (QED) is 0.206. The maximum absolute atomic E-state index is 10.4. The number of furan rings is 2. The van der Waals surface area contributed by atoms with Gasteiger partial charge >= 0.3 is 0 Å². The number of benzene rings is 7. The van der Waals surface area contributed by atoms with Gasteiger partial charge in [-0.1, -0.05) is 103 Å². The summed E-state index contributed by atoms with van der Waals surface area (Å²) in [6, 6.07) is 54.3. The molecular weight excluding hydrogens is 562 g/mol. The molecule has 0 N–H and O–H groups in total. The maximum Gasteiger partial charge on any atom is 0.136 e. The Morgan fingerprint density at radius 1 is 0.370 bits per heavy atom. The highest BCUT2D eigenvalue weighted by molar-refractivity contribution is 6.15. The van der Waals surface area contributed by atoms with Crippen LogP contribution in [-0.2, 0) is 0 Å². The van der Waals surface area contributed by atoms with Crippen LogP contribution in [0.15, 0.2) is 160 Å². The predicted octanol–water partition coefficient (Wildman–Crippen LogP) is 12.0. The molecule has 7 aromatic carbocycles. The highest BCUT2D eigenvalue weighted by Crippen LogP contribution is 2.43. The zero-order chi connectivity index (χ0) is 30.6. The van der Waals surface area contributed by atoms with Gasteiger partial charge in [-0.15, -0.1) is 0 Å². The van der Waals surface area contributed by atoms with Gasteiger partial charge in [0.05, 0.1) is 11.6 Å². The van der Waals surface area contributed by atoms with E-state index >= 15 is 0 Å². The summed E-state index contributed by atoms with van der Waals surface area (Å²) in [4.78, 5) is 0. The van der Waals surface area contributed by atoms with Crippen LogP contribution in [0, 0.1) is 11.3 Å². The van der Waals surface area contributed by atoms with Crippen molar-refractivity contribution in [3.63, 3.8) is 0 Å². The number of hydrogen-bond donors (Lipinski definition) is 0. The third-order valence-corrected chi connectivity index (χ3v) is 8.92. The first kappa shape index (κ1) is 26.1. The predicted molar refractivity (Wildman–Crippen MR) is 187 cm³/mol. The molecule has 0 fully saturated rings. The van der Waals surface area contributed by atoms with Gasteiger partial charge in [-0.05, 0) is 93.0 Å². The molecule has 9 aromatic rings. The third kappa shape index (κ3) is 4.13. The van der Waals surface area contributed by atoms with E-state index in [0.717, 1.165) is 88.4 Å². The Balaban J connectivity index is 1.34. The van der Waals surface area contributed by atoms with Crippen LogP contribution in [0.1, 0.15) is 5.56 Å². The van der Waals surface area contributed by atoms with Crippen molar-refractivity contribution in [2.45, 2.75) is 0 Å². The average Bonchev–Trinajstić information content (AvgIpc) is 3.70. The van der Waals surface area contributed by atoms with Crippen molar-refractivity contribution in [1.82, 2.24) is 0 Å². The number of fused-ring (bicyclic) bond motifs is 6. The molecule has 214 valence electrons. The van der Waals surface area contributed by atoms with Crippen molar-refractivity contribution >= 4 is 43.9 Å². The summed E-state index contributed by atoms with van der Waals surface area (Å²) in [7, 11) is 0. The normalized spacial score (nSPS) is 11.5. The second kappa shape index (κ2) is 10.4.